The Hall–Kier alpha value is -1.79. The summed E-state index contributed by atoms with van der Waals surface area (Å²) in [6.07, 6.45) is 4.40. The van der Waals surface area contributed by atoms with Crippen LogP contribution in [0.15, 0.2) is 24.5 Å². The third-order valence-electron chi connectivity index (χ3n) is 3.95. The third kappa shape index (κ3) is 2.82. The number of nitrogens with zero attached hydrogens (tertiary/aromatic N) is 4. The summed E-state index contributed by atoms with van der Waals surface area (Å²) >= 11 is 0. The SMILES string of the molecule is COC(C)(C)Cc1nnc2n1CCNC2c1cccnc1. The van der Waals surface area contributed by atoms with Crippen LogP contribution in [0.25, 0.3) is 0 Å². The van der Waals surface area contributed by atoms with Gasteiger partial charge in [0.05, 0.1) is 11.6 Å². The molecule has 1 atom stereocenters. The van der Waals surface area contributed by atoms with Crippen molar-refractivity contribution in [2.24, 2.45) is 0 Å². The highest BCUT2D eigenvalue weighted by molar-refractivity contribution is 5.23. The highest BCUT2D eigenvalue weighted by atomic mass is 16.5. The minimum Gasteiger partial charge on any atom is -0.378 e. The van der Waals surface area contributed by atoms with Crippen molar-refractivity contribution in [2.75, 3.05) is 13.7 Å². The maximum atomic E-state index is 5.51. The smallest absolute Gasteiger partial charge is 0.154 e. The molecule has 0 aliphatic carbocycles. The fraction of sp³-hybridized carbons (Fsp3) is 0.533. The summed E-state index contributed by atoms with van der Waals surface area (Å²) in [6.45, 7) is 5.90. The largest absolute Gasteiger partial charge is 0.378 e. The van der Waals surface area contributed by atoms with Gasteiger partial charge in [0.25, 0.3) is 0 Å². The Morgan fingerprint density at radius 1 is 1.43 bits per heavy atom. The number of rotatable bonds is 4. The average molecular weight is 287 g/mol. The minimum absolute atomic E-state index is 0.0550. The predicted octanol–water partition coefficient (Wildman–Crippen LogP) is 1.33. The van der Waals surface area contributed by atoms with Crippen LogP contribution in [0, 0.1) is 0 Å². The van der Waals surface area contributed by atoms with E-state index >= 15 is 0 Å². The molecule has 0 aromatic carbocycles. The summed E-state index contributed by atoms with van der Waals surface area (Å²) in [5.41, 5.74) is 0.877. The highest BCUT2D eigenvalue weighted by Crippen LogP contribution is 2.25. The fourth-order valence-electron chi connectivity index (χ4n) is 2.62. The lowest BCUT2D eigenvalue weighted by Crippen LogP contribution is -2.36. The lowest BCUT2D eigenvalue weighted by molar-refractivity contribution is 0.0207. The van der Waals surface area contributed by atoms with Crippen molar-refractivity contribution in [2.45, 2.75) is 38.5 Å². The van der Waals surface area contributed by atoms with Gasteiger partial charge in [-0.2, -0.15) is 0 Å². The van der Waals surface area contributed by atoms with E-state index in [2.05, 4.69) is 45.0 Å². The Labute approximate surface area is 124 Å². The van der Waals surface area contributed by atoms with E-state index in [4.69, 9.17) is 4.74 Å². The molecule has 0 radical (unpaired) electrons. The summed E-state index contributed by atoms with van der Waals surface area (Å²) in [6, 6.07) is 4.06. The summed E-state index contributed by atoms with van der Waals surface area (Å²) in [7, 11) is 1.73. The Morgan fingerprint density at radius 2 is 2.29 bits per heavy atom. The second-order valence-electron chi connectivity index (χ2n) is 5.94. The molecule has 1 N–H and O–H groups in total. The monoisotopic (exact) mass is 287 g/mol. The van der Waals surface area contributed by atoms with E-state index in [1.807, 2.05) is 12.3 Å². The van der Waals surface area contributed by atoms with Crippen LogP contribution in [0.3, 0.4) is 0 Å². The molecule has 3 rings (SSSR count). The van der Waals surface area contributed by atoms with Gasteiger partial charge < -0.3 is 14.6 Å². The van der Waals surface area contributed by atoms with Crippen molar-refractivity contribution in [3.63, 3.8) is 0 Å². The van der Waals surface area contributed by atoms with Gasteiger partial charge in [-0.15, -0.1) is 10.2 Å². The van der Waals surface area contributed by atoms with E-state index in [-0.39, 0.29) is 11.6 Å². The number of ether oxygens (including phenoxy) is 1. The van der Waals surface area contributed by atoms with E-state index in [0.29, 0.717) is 0 Å². The highest BCUT2D eigenvalue weighted by Gasteiger charge is 2.29. The van der Waals surface area contributed by atoms with Gasteiger partial charge in [-0.1, -0.05) is 6.07 Å². The predicted molar refractivity (Wildman–Crippen MR) is 78.9 cm³/mol. The first kappa shape index (κ1) is 14.2. The quantitative estimate of drug-likeness (QED) is 0.919. The minimum atomic E-state index is -0.238. The number of fused-ring (bicyclic) bond motifs is 1. The molecule has 0 fully saturated rings. The first-order valence-electron chi connectivity index (χ1n) is 7.21. The maximum absolute atomic E-state index is 5.51. The zero-order chi connectivity index (χ0) is 14.9. The number of aromatic nitrogens is 4. The van der Waals surface area contributed by atoms with Gasteiger partial charge in [0, 0.05) is 39.0 Å². The van der Waals surface area contributed by atoms with Gasteiger partial charge in [-0.05, 0) is 25.5 Å². The van der Waals surface area contributed by atoms with Gasteiger partial charge >= 0.3 is 0 Å². The first-order chi connectivity index (χ1) is 10.1. The molecular formula is C15H21N5O. The Balaban J connectivity index is 1.92. The average Bonchev–Trinajstić information content (AvgIpc) is 2.91. The topological polar surface area (TPSA) is 64.9 Å². The molecule has 1 unspecified atom stereocenters. The molecule has 1 aliphatic rings. The van der Waals surface area contributed by atoms with Crippen LogP contribution >= 0.6 is 0 Å². The van der Waals surface area contributed by atoms with Crippen molar-refractivity contribution in [3.05, 3.63) is 41.7 Å². The molecule has 0 saturated carbocycles. The maximum Gasteiger partial charge on any atom is 0.154 e. The van der Waals surface area contributed by atoms with Gasteiger partial charge in [0.1, 0.15) is 5.82 Å². The summed E-state index contributed by atoms with van der Waals surface area (Å²) in [5.74, 6) is 1.93. The van der Waals surface area contributed by atoms with E-state index in [1.54, 1.807) is 13.3 Å². The zero-order valence-electron chi connectivity index (χ0n) is 12.7. The van der Waals surface area contributed by atoms with E-state index in [1.165, 1.54) is 0 Å². The van der Waals surface area contributed by atoms with Crippen LogP contribution in [0.1, 0.15) is 37.1 Å². The molecule has 1 aliphatic heterocycles. The molecule has 0 spiro atoms. The molecule has 2 aromatic rings. The number of hydrogen-bond donors (Lipinski definition) is 1. The van der Waals surface area contributed by atoms with Gasteiger partial charge in [-0.3, -0.25) is 4.98 Å². The van der Waals surface area contributed by atoms with Crippen LogP contribution in [0.4, 0.5) is 0 Å². The molecule has 0 amide bonds. The lowest BCUT2D eigenvalue weighted by atomic mass is 10.0. The molecule has 3 heterocycles. The van der Waals surface area contributed by atoms with Crippen LogP contribution in [-0.4, -0.2) is 39.0 Å². The Morgan fingerprint density at radius 3 is 3.00 bits per heavy atom. The van der Waals surface area contributed by atoms with Crippen LogP contribution in [-0.2, 0) is 17.7 Å². The van der Waals surface area contributed by atoms with Gasteiger partial charge in [0.2, 0.25) is 0 Å². The molecule has 21 heavy (non-hydrogen) atoms. The molecular weight excluding hydrogens is 266 g/mol. The van der Waals surface area contributed by atoms with Crippen LogP contribution in [0.5, 0.6) is 0 Å². The molecule has 0 saturated heterocycles. The summed E-state index contributed by atoms with van der Waals surface area (Å²) in [5, 5.41) is 12.3. The van der Waals surface area contributed by atoms with E-state index in [0.717, 1.165) is 36.7 Å². The number of pyridine rings is 1. The van der Waals surface area contributed by atoms with Crippen molar-refractivity contribution in [3.8, 4) is 0 Å². The first-order valence-corrected chi connectivity index (χ1v) is 7.21. The number of methoxy groups -OCH3 is 1. The van der Waals surface area contributed by atoms with Gasteiger partial charge in [0.15, 0.2) is 5.82 Å². The fourth-order valence-corrected chi connectivity index (χ4v) is 2.62. The third-order valence-corrected chi connectivity index (χ3v) is 3.95. The second kappa shape index (κ2) is 5.54. The molecule has 112 valence electrons. The molecule has 0 bridgehead atoms. The Kier molecular flexibility index (Phi) is 3.73. The van der Waals surface area contributed by atoms with E-state index < -0.39 is 0 Å². The Bertz CT molecular complexity index is 608. The molecule has 2 aromatic heterocycles. The normalized spacial score (nSPS) is 18.5. The number of hydrogen-bond acceptors (Lipinski definition) is 5. The van der Waals surface area contributed by atoms with Crippen LogP contribution in [0.2, 0.25) is 0 Å². The number of nitrogens with one attached hydrogen (secondary N) is 1. The van der Waals surface area contributed by atoms with Gasteiger partial charge in [-0.25, -0.2) is 0 Å². The van der Waals surface area contributed by atoms with Crippen LogP contribution < -0.4 is 5.32 Å². The molecule has 6 heteroatoms. The summed E-state index contributed by atoms with van der Waals surface area (Å²) in [4.78, 5) is 4.19. The lowest BCUT2D eigenvalue weighted by Gasteiger charge is -2.27. The van der Waals surface area contributed by atoms with Crippen molar-refractivity contribution >= 4 is 0 Å². The molecule has 6 nitrogen and oxygen atoms in total. The van der Waals surface area contributed by atoms with Crippen molar-refractivity contribution < 1.29 is 4.74 Å². The van der Waals surface area contributed by atoms with E-state index in [9.17, 15) is 0 Å². The second-order valence-corrected chi connectivity index (χ2v) is 5.94. The van der Waals surface area contributed by atoms with Crippen molar-refractivity contribution in [1.29, 1.82) is 0 Å². The standard InChI is InChI=1S/C15H21N5O/c1-15(2,21-3)9-12-18-19-14-13(17-7-8-20(12)14)11-5-4-6-16-10-11/h4-6,10,13,17H,7-9H2,1-3H3. The summed E-state index contributed by atoms with van der Waals surface area (Å²) < 4.78 is 7.71. The van der Waals surface area contributed by atoms with Crippen molar-refractivity contribution in [1.82, 2.24) is 25.1 Å². The zero-order valence-corrected chi connectivity index (χ0v) is 12.7.